The Morgan fingerprint density at radius 1 is 1.08 bits per heavy atom. The van der Waals surface area contributed by atoms with Crippen LogP contribution in [0.1, 0.15) is 6.42 Å². The number of anilines is 1. The first-order valence-corrected chi connectivity index (χ1v) is 7.70. The second-order valence-corrected chi connectivity index (χ2v) is 5.08. The SMILES string of the molecule is COc1ccc(OCCNCCC(=O)Nc2cccc(F)c2)cc1. The van der Waals surface area contributed by atoms with Crippen molar-refractivity contribution in [3.63, 3.8) is 0 Å². The van der Waals surface area contributed by atoms with Crippen LogP contribution in [-0.2, 0) is 4.79 Å². The lowest BCUT2D eigenvalue weighted by Gasteiger charge is -2.09. The standard InChI is InChI=1S/C18H21FN2O3/c1-23-16-5-7-17(8-6-16)24-12-11-20-10-9-18(22)21-15-4-2-3-14(19)13-15/h2-8,13,20H,9-12H2,1H3,(H,21,22). The van der Waals surface area contributed by atoms with E-state index in [0.29, 0.717) is 31.8 Å². The molecule has 0 heterocycles. The number of ether oxygens (including phenoxy) is 2. The Morgan fingerprint density at radius 3 is 2.54 bits per heavy atom. The fourth-order valence-corrected chi connectivity index (χ4v) is 2.03. The molecule has 0 unspecified atom stereocenters. The van der Waals surface area contributed by atoms with Gasteiger partial charge in [0.2, 0.25) is 5.91 Å². The molecule has 24 heavy (non-hydrogen) atoms. The lowest BCUT2D eigenvalue weighted by molar-refractivity contribution is -0.116. The third kappa shape index (κ3) is 6.26. The summed E-state index contributed by atoms with van der Waals surface area (Å²) in [5.74, 6) is 1.01. The molecule has 0 atom stereocenters. The molecule has 2 aromatic rings. The predicted molar refractivity (Wildman–Crippen MR) is 91.0 cm³/mol. The number of benzene rings is 2. The fourth-order valence-electron chi connectivity index (χ4n) is 2.03. The lowest BCUT2D eigenvalue weighted by Crippen LogP contribution is -2.25. The van der Waals surface area contributed by atoms with Gasteiger partial charge in [-0.15, -0.1) is 0 Å². The van der Waals surface area contributed by atoms with Gasteiger partial charge in [0.05, 0.1) is 7.11 Å². The highest BCUT2D eigenvalue weighted by Crippen LogP contribution is 2.16. The van der Waals surface area contributed by atoms with Crippen molar-refractivity contribution in [2.24, 2.45) is 0 Å². The molecule has 0 aliphatic carbocycles. The van der Waals surface area contributed by atoms with Gasteiger partial charge in [-0.05, 0) is 42.5 Å². The molecule has 6 heteroatoms. The zero-order valence-corrected chi connectivity index (χ0v) is 13.5. The minimum atomic E-state index is -0.374. The molecule has 5 nitrogen and oxygen atoms in total. The van der Waals surface area contributed by atoms with E-state index in [1.165, 1.54) is 12.1 Å². The van der Waals surface area contributed by atoms with Crippen molar-refractivity contribution in [1.82, 2.24) is 5.32 Å². The van der Waals surface area contributed by atoms with Crippen molar-refractivity contribution in [3.8, 4) is 11.5 Å². The number of carbonyl (C=O) groups is 1. The van der Waals surface area contributed by atoms with Crippen molar-refractivity contribution in [2.75, 3.05) is 32.1 Å². The third-order valence-corrected chi connectivity index (χ3v) is 3.24. The number of halogens is 1. The van der Waals surface area contributed by atoms with Gasteiger partial charge in [-0.1, -0.05) is 6.07 Å². The number of amides is 1. The van der Waals surface area contributed by atoms with Crippen molar-refractivity contribution < 1.29 is 18.7 Å². The van der Waals surface area contributed by atoms with E-state index in [2.05, 4.69) is 10.6 Å². The quantitative estimate of drug-likeness (QED) is 0.693. The normalized spacial score (nSPS) is 10.2. The summed E-state index contributed by atoms with van der Waals surface area (Å²) in [6.45, 7) is 1.64. The third-order valence-electron chi connectivity index (χ3n) is 3.24. The van der Waals surface area contributed by atoms with Crippen LogP contribution in [0.25, 0.3) is 0 Å². The van der Waals surface area contributed by atoms with E-state index in [-0.39, 0.29) is 11.7 Å². The minimum absolute atomic E-state index is 0.163. The Bertz CT molecular complexity index is 647. The number of nitrogens with one attached hydrogen (secondary N) is 2. The molecule has 0 saturated carbocycles. The Balaban J connectivity index is 1.56. The molecule has 0 saturated heterocycles. The van der Waals surface area contributed by atoms with Crippen LogP contribution >= 0.6 is 0 Å². The Morgan fingerprint density at radius 2 is 1.83 bits per heavy atom. The number of hydrogen-bond donors (Lipinski definition) is 2. The fraction of sp³-hybridized carbons (Fsp3) is 0.278. The molecule has 0 aromatic heterocycles. The van der Waals surface area contributed by atoms with E-state index in [4.69, 9.17) is 9.47 Å². The summed E-state index contributed by atoms with van der Waals surface area (Å²) in [6, 6.07) is 13.2. The maximum absolute atomic E-state index is 13.0. The first kappa shape index (κ1) is 17.7. The van der Waals surface area contributed by atoms with Gasteiger partial charge in [0.25, 0.3) is 0 Å². The van der Waals surface area contributed by atoms with Gasteiger partial charge in [0.15, 0.2) is 0 Å². The van der Waals surface area contributed by atoms with E-state index in [0.717, 1.165) is 11.5 Å². The van der Waals surface area contributed by atoms with Crippen molar-refractivity contribution >= 4 is 11.6 Å². The maximum atomic E-state index is 13.0. The summed E-state index contributed by atoms with van der Waals surface area (Å²) in [4.78, 5) is 11.7. The first-order chi connectivity index (χ1) is 11.7. The van der Waals surface area contributed by atoms with E-state index >= 15 is 0 Å². The monoisotopic (exact) mass is 332 g/mol. The van der Waals surface area contributed by atoms with Gasteiger partial charge in [-0.2, -0.15) is 0 Å². The van der Waals surface area contributed by atoms with Crippen LogP contribution < -0.4 is 20.1 Å². The second-order valence-electron chi connectivity index (χ2n) is 5.08. The molecular formula is C18H21FN2O3. The number of rotatable bonds is 9. The summed E-state index contributed by atoms with van der Waals surface area (Å²) in [5, 5.41) is 5.77. The molecule has 0 fully saturated rings. The average molecular weight is 332 g/mol. The van der Waals surface area contributed by atoms with Crippen LogP contribution in [-0.4, -0.2) is 32.7 Å². The molecular weight excluding hydrogens is 311 g/mol. The summed E-state index contributed by atoms with van der Waals surface area (Å²) in [5.41, 5.74) is 0.461. The summed E-state index contributed by atoms with van der Waals surface area (Å²) in [6.07, 6.45) is 0.305. The Kier molecular flexibility index (Phi) is 7.04. The molecule has 0 spiro atoms. The van der Waals surface area contributed by atoms with Crippen molar-refractivity contribution in [2.45, 2.75) is 6.42 Å². The number of carbonyl (C=O) groups excluding carboxylic acids is 1. The van der Waals surface area contributed by atoms with Crippen LogP contribution in [0, 0.1) is 5.82 Å². The molecule has 0 aliphatic rings. The van der Waals surface area contributed by atoms with Gasteiger partial charge < -0.3 is 20.1 Å². The van der Waals surface area contributed by atoms with Crippen LogP contribution in [0.15, 0.2) is 48.5 Å². The van der Waals surface area contributed by atoms with Crippen LogP contribution in [0.2, 0.25) is 0 Å². The highest BCUT2D eigenvalue weighted by molar-refractivity contribution is 5.90. The second kappa shape index (κ2) is 9.52. The smallest absolute Gasteiger partial charge is 0.225 e. The largest absolute Gasteiger partial charge is 0.497 e. The predicted octanol–water partition coefficient (Wildman–Crippen LogP) is 2.83. The van der Waals surface area contributed by atoms with Gasteiger partial charge in [0.1, 0.15) is 23.9 Å². The number of hydrogen-bond acceptors (Lipinski definition) is 4. The molecule has 0 bridgehead atoms. The molecule has 0 aliphatic heterocycles. The first-order valence-electron chi connectivity index (χ1n) is 7.70. The maximum Gasteiger partial charge on any atom is 0.225 e. The van der Waals surface area contributed by atoms with Crippen LogP contribution in [0.4, 0.5) is 10.1 Å². The lowest BCUT2D eigenvalue weighted by atomic mass is 10.3. The Hall–Kier alpha value is -2.60. The van der Waals surface area contributed by atoms with Gasteiger partial charge >= 0.3 is 0 Å². The van der Waals surface area contributed by atoms with E-state index in [1.807, 2.05) is 24.3 Å². The number of methoxy groups -OCH3 is 1. The van der Waals surface area contributed by atoms with Crippen LogP contribution in [0.5, 0.6) is 11.5 Å². The highest BCUT2D eigenvalue weighted by atomic mass is 19.1. The van der Waals surface area contributed by atoms with Crippen LogP contribution in [0.3, 0.4) is 0 Å². The van der Waals surface area contributed by atoms with E-state index in [1.54, 1.807) is 19.2 Å². The Labute approximate surface area is 140 Å². The van der Waals surface area contributed by atoms with Gasteiger partial charge in [-0.25, -0.2) is 4.39 Å². The molecule has 0 radical (unpaired) electrons. The summed E-state index contributed by atoms with van der Waals surface area (Å²) in [7, 11) is 1.62. The molecule has 2 N–H and O–H groups in total. The summed E-state index contributed by atoms with van der Waals surface area (Å²) < 4.78 is 23.6. The molecule has 128 valence electrons. The van der Waals surface area contributed by atoms with Gasteiger partial charge in [0, 0.05) is 25.2 Å². The van der Waals surface area contributed by atoms with E-state index in [9.17, 15) is 9.18 Å². The zero-order chi connectivity index (χ0) is 17.2. The van der Waals surface area contributed by atoms with E-state index < -0.39 is 0 Å². The molecule has 2 rings (SSSR count). The minimum Gasteiger partial charge on any atom is -0.497 e. The average Bonchev–Trinajstić information content (AvgIpc) is 2.58. The van der Waals surface area contributed by atoms with Gasteiger partial charge in [-0.3, -0.25) is 4.79 Å². The zero-order valence-electron chi connectivity index (χ0n) is 13.5. The molecule has 1 amide bonds. The van der Waals surface area contributed by atoms with Crippen molar-refractivity contribution in [3.05, 3.63) is 54.3 Å². The van der Waals surface area contributed by atoms with Crippen molar-refractivity contribution in [1.29, 1.82) is 0 Å². The highest BCUT2D eigenvalue weighted by Gasteiger charge is 2.02. The summed E-state index contributed by atoms with van der Waals surface area (Å²) >= 11 is 0. The molecule has 2 aromatic carbocycles. The topological polar surface area (TPSA) is 59.6 Å².